The molecule has 1 rings (SSSR count). The predicted octanol–water partition coefficient (Wildman–Crippen LogP) is 3.12. The van der Waals surface area contributed by atoms with Crippen molar-refractivity contribution in [3.05, 3.63) is 24.3 Å². The molecular formula is C15H24N2O2. The van der Waals surface area contributed by atoms with E-state index in [0.717, 1.165) is 17.9 Å². The molecule has 0 aliphatic heterocycles. The number of benzene rings is 1. The highest BCUT2D eigenvalue weighted by atomic mass is 16.5. The monoisotopic (exact) mass is 264 g/mol. The summed E-state index contributed by atoms with van der Waals surface area (Å²) in [6.07, 6.45) is 2.38. The number of hydrogen-bond donors (Lipinski definition) is 2. The molecule has 0 unspecified atom stereocenters. The van der Waals surface area contributed by atoms with Gasteiger partial charge in [0.25, 0.3) is 0 Å². The van der Waals surface area contributed by atoms with Crippen molar-refractivity contribution in [1.82, 2.24) is 0 Å². The molecule has 0 aliphatic rings. The van der Waals surface area contributed by atoms with Crippen molar-refractivity contribution in [1.29, 1.82) is 0 Å². The second kappa shape index (κ2) is 8.53. The fourth-order valence-electron chi connectivity index (χ4n) is 1.84. The number of carbonyl (C=O) groups is 1. The SMILES string of the molecule is CCC(CC)CNc1ccc(NC(=O)COC)cc1. The lowest BCUT2D eigenvalue weighted by Crippen LogP contribution is -2.17. The maximum Gasteiger partial charge on any atom is 0.250 e. The first-order valence-electron chi connectivity index (χ1n) is 6.82. The van der Waals surface area contributed by atoms with E-state index in [9.17, 15) is 4.79 Å². The Balaban J connectivity index is 2.45. The second-order valence-corrected chi connectivity index (χ2v) is 4.62. The number of anilines is 2. The first kappa shape index (κ1) is 15.5. The molecule has 4 nitrogen and oxygen atoms in total. The Kier molecular flexibility index (Phi) is 6.97. The van der Waals surface area contributed by atoms with Gasteiger partial charge in [0.2, 0.25) is 5.91 Å². The summed E-state index contributed by atoms with van der Waals surface area (Å²) >= 11 is 0. The molecular weight excluding hydrogens is 240 g/mol. The van der Waals surface area contributed by atoms with E-state index in [2.05, 4.69) is 24.5 Å². The van der Waals surface area contributed by atoms with Crippen LogP contribution in [0.15, 0.2) is 24.3 Å². The van der Waals surface area contributed by atoms with Gasteiger partial charge < -0.3 is 15.4 Å². The van der Waals surface area contributed by atoms with Crippen LogP contribution in [-0.4, -0.2) is 26.2 Å². The largest absolute Gasteiger partial charge is 0.385 e. The third-order valence-electron chi connectivity index (χ3n) is 3.19. The zero-order valence-corrected chi connectivity index (χ0v) is 12.0. The van der Waals surface area contributed by atoms with Gasteiger partial charge in [-0.1, -0.05) is 26.7 Å². The molecule has 0 saturated heterocycles. The molecule has 0 bridgehead atoms. The van der Waals surface area contributed by atoms with Crippen LogP contribution in [0.1, 0.15) is 26.7 Å². The van der Waals surface area contributed by atoms with Crippen molar-refractivity contribution < 1.29 is 9.53 Å². The molecule has 0 heterocycles. The van der Waals surface area contributed by atoms with Crippen molar-refractivity contribution >= 4 is 17.3 Å². The van der Waals surface area contributed by atoms with Gasteiger partial charge in [-0.25, -0.2) is 0 Å². The fourth-order valence-corrected chi connectivity index (χ4v) is 1.84. The standard InChI is InChI=1S/C15H24N2O2/c1-4-12(5-2)10-16-13-6-8-14(9-7-13)17-15(18)11-19-3/h6-9,12,16H,4-5,10-11H2,1-3H3,(H,17,18). The number of ether oxygens (including phenoxy) is 1. The van der Waals surface area contributed by atoms with Gasteiger partial charge in [0.05, 0.1) is 0 Å². The summed E-state index contributed by atoms with van der Waals surface area (Å²) in [7, 11) is 1.50. The van der Waals surface area contributed by atoms with E-state index >= 15 is 0 Å². The molecule has 0 radical (unpaired) electrons. The maximum atomic E-state index is 11.3. The number of amides is 1. The number of methoxy groups -OCH3 is 1. The molecule has 0 spiro atoms. The zero-order valence-electron chi connectivity index (χ0n) is 12.0. The quantitative estimate of drug-likeness (QED) is 0.758. The molecule has 0 fully saturated rings. The topological polar surface area (TPSA) is 50.4 Å². The highest BCUT2D eigenvalue weighted by Gasteiger charge is 2.04. The van der Waals surface area contributed by atoms with Crippen LogP contribution in [0.4, 0.5) is 11.4 Å². The normalized spacial score (nSPS) is 10.5. The minimum atomic E-state index is -0.139. The van der Waals surface area contributed by atoms with E-state index < -0.39 is 0 Å². The molecule has 1 aromatic carbocycles. The van der Waals surface area contributed by atoms with Crippen LogP contribution in [0.3, 0.4) is 0 Å². The van der Waals surface area contributed by atoms with Crippen molar-refractivity contribution in [3.63, 3.8) is 0 Å². The van der Waals surface area contributed by atoms with Gasteiger partial charge in [-0.3, -0.25) is 4.79 Å². The Bertz CT molecular complexity index is 372. The number of carbonyl (C=O) groups excluding carboxylic acids is 1. The molecule has 0 atom stereocenters. The van der Waals surface area contributed by atoms with E-state index in [1.807, 2.05) is 24.3 Å². The fraction of sp³-hybridized carbons (Fsp3) is 0.533. The Morgan fingerprint density at radius 1 is 1.16 bits per heavy atom. The van der Waals surface area contributed by atoms with Crippen LogP contribution in [0.2, 0.25) is 0 Å². The smallest absolute Gasteiger partial charge is 0.250 e. The van der Waals surface area contributed by atoms with Crippen LogP contribution in [0.25, 0.3) is 0 Å². The highest BCUT2D eigenvalue weighted by molar-refractivity contribution is 5.91. The van der Waals surface area contributed by atoms with Gasteiger partial charge in [0, 0.05) is 25.0 Å². The summed E-state index contributed by atoms with van der Waals surface area (Å²) in [5.74, 6) is 0.571. The van der Waals surface area contributed by atoms with E-state index in [4.69, 9.17) is 4.74 Å². The molecule has 0 saturated carbocycles. The lowest BCUT2D eigenvalue weighted by atomic mass is 10.0. The van der Waals surface area contributed by atoms with Gasteiger partial charge in [0.15, 0.2) is 0 Å². The van der Waals surface area contributed by atoms with E-state index in [0.29, 0.717) is 5.92 Å². The molecule has 2 N–H and O–H groups in total. The van der Waals surface area contributed by atoms with Crippen LogP contribution >= 0.6 is 0 Å². The minimum Gasteiger partial charge on any atom is -0.385 e. The first-order chi connectivity index (χ1) is 9.19. The Morgan fingerprint density at radius 2 is 1.74 bits per heavy atom. The lowest BCUT2D eigenvalue weighted by molar-refractivity contribution is -0.119. The van der Waals surface area contributed by atoms with Gasteiger partial charge in [-0.05, 0) is 30.2 Å². The average Bonchev–Trinajstić information content (AvgIpc) is 2.42. The molecule has 1 aromatic rings. The van der Waals surface area contributed by atoms with Gasteiger partial charge in [-0.15, -0.1) is 0 Å². The molecule has 0 aromatic heterocycles. The van der Waals surface area contributed by atoms with Crippen LogP contribution in [-0.2, 0) is 9.53 Å². The van der Waals surface area contributed by atoms with Crippen LogP contribution in [0, 0.1) is 5.92 Å². The average molecular weight is 264 g/mol. The van der Waals surface area contributed by atoms with Crippen molar-refractivity contribution in [2.24, 2.45) is 5.92 Å². The Morgan fingerprint density at radius 3 is 2.26 bits per heavy atom. The van der Waals surface area contributed by atoms with Crippen molar-refractivity contribution in [3.8, 4) is 0 Å². The Hall–Kier alpha value is -1.55. The number of hydrogen-bond acceptors (Lipinski definition) is 3. The summed E-state index contributed by atoms with van der Waals surface area (Å²) in [5, 5.41) is 6.18. The zero-order chi connectivity index (χ0) is 14.1. The van der Waals surface area contributed by atoms with Crippen molar-refractivity contribution in [2.75, 3.05) is 30.9 Å². The van der Waals surface area contributed by atoms with E-state index in [-0.39, 0.29) is 12.5 Å². The third-order valence-corrected chi connectivity index (χ3v) is 3.19. The summed E-state index contributed by atoms with van der Waals surface area (Å²) in [5.41, 5.74) is 1.87. The molecule has 1 amide bonds. The summed E-state index contributed by atoms with van der Waals surface area (Å²) in [6, 6.07) is 7.74. The summed E-state index contributed by atoms with van der Waals surface area (Å²) in [6.45, 7) is 5.49. The Labute approximate surface area is 115 Å². The predicted molar refractivity (Wildman–Crippen MR) is 79.5 cm³/mol. The molecule has 0 aliphatic carbocycles. The highest BCUT2D eigenvalue weighted by Crippen LogP contribution is 2.15. The number of nitrogens with one attached hydrogen (secondary N) is 2. The summed E-state index contributed by atoms with van der Waals surface area (Å²) < 4.78 is 4.76. The van der Waals surface area contributed by atoms with Gasteiger partial charge >= 0.3 is 0 Å². The van der Waals surface area contributed by atoms with Crippen LogP contribution < -0.4 is 10.6 Å². The number of rotatable bonds is 8. The third kappa shape index (κ3) is 5.75. The maximum absolute atomic E-state index is 11.3. The van der Waals surface area contributed by atoms with Gasteiger partial charge in [-0.2, -0.15) is 0 Å². The van der Waals surface area contributed by atoms with E-state index in [1.54, 1.807) is 0 Å². The van der Waals surface area contributed by atoms with E-state index in [1.165, 1.54) is 20.0 Å². The molecule has 106 valence electrons. The molecule has 19 heavy (non-hydrogen) atoms. The van der Waals surface area contributed by atoms with Gasteiger partial charge in [0.1, 0.15) is 6.61 Å². The summed E-state index contributed by atoms with van der Waals surface area (Å²) in [4.78, 5) is 11.3. The first-order valence-corrected chi connectivity index (χ1v) is 6.82. The minimum absolute atomic E-state index is 0.0781. The lowest BCUT2D eigenvalue weighted by Gasteiger charge is -2.14. The van der Waals surface area contributed by atoms with Crippen LogP contribution in [0.5, 0.6) is 0 Å². The van der Waals surface area contributed by atoms with Crippen molar-refractivity contribution in [2.45, 2.75) is 26.7 Å². The molecule has 4 heteroatoms. The second-order valence-electron chi connectivity index (χ2n) is 4.62.